The summed E-state index contributed by atoms with van der Waals surface area (Å²) in [5.41, 5.74) is 2.29. The van der Waals surface area contributed by atoms with Gasteiger partial charge in [0.25, 0.3) is 0 Å². The summed E-state index contributed by atoms with van der Waals surface area (Å²) < 4.78 is 0. The Bertz CT molecular complexity index is 669. The molecule has 0 aliphatic carbocycles. The molecule has 1 aromatic rings. The summed E-state index contributed by atoms with van der Waals surface area (Å²) in [5.74, 6) is 1.42. The third-order valence-corrected chi connectivity index (χ3v) is 4.87. The van der Waals surface area contributed by atoms with Gasteiger partial charge in [-0.1, -0.05) is 31.2 Å². The van der Waals surface area contributed by atoms with Crippen LogP contribution < -0.4 is 16.0 Å². The van der Waals surface area contributed by atoms with Gasteiger partial charge in [0.05, 0.1) is 13.1 Å². The number of aliphatic imine (C=N–C) groups is 1. The lowest BCUT2D eigenvalue weighted by atomic mass is 9.99. The number of rotatable bonds is 7. The van der Waals surface area contributed by atoms with E-state index in [1.165, 1.54) is 31.5 Å². The maximum atomic E-state index is 12.0. The molecule has 0 bridgehead atoms. The molecule has 1 heterocycles. The number of guanidine groups is 1. The summed E-state index contributed by atoms with van der Waals surface area (Å²) in [6, 6.07) is 8.73. The van der Waals surface area contributed by atoms with Crippen LogP contribution in [0.25, 0.3) is 0 Å². The lowest BCUT2D eigenvalue weighted by Crippen LogP contribution is -2.48. The van der Waals surface area contributed by atoms with E-state index in [1.54, 1.807) is 0 Å². The predicted octanol–water partition coefficient (Wildman–Crippen LogP) is 3.51. The van der Waals surface area contributed by atoms with E-state index >= 15 is 0 Å². The molecule has 0 saturated carbocycles. The number of hydrogen-bond acceptors (Lipinski definition) is 3. The number of likely N-dealkylation sites (tertiary alicyclic amines) is 1. The number of amides is 1. The fraction of sp³-hybridized carbons (Fsp3) is 0.652. The molecule has 1 amide bonds. The van der Waals surface area contributed by atoms with Gasteiger partial charge in [0.15, 0.2) is 5.96 Å². The highest BCUT2D eigenvalue weighted by Gasteiger charge is 2.16. The molecule has 0 aromatic heterocycles. The van der Waals surface area contributed by atoms with E-state index in [9.17, 15) is 4.79 Å². The lowest BCUT2D eigenvalue weighted by molar-refractivity contribution is -0.121. The van der Waals surface area contributed by atoms with Crippen LogP contribution in [0, 0.1) is 5.92 Å². The molecule has 1 unspecified atom stereocenters. The second kappa shape index (κ2) is 13.1. The molecule has 1 saturated heterocycles. The molecular formula is C23H40IN5O. The van der Waals surface area contributed by atoms with E-state index in [0.717, 1.165) is 24.6 Å². The molecule has 0 radical (unpaired) electrons. The Labute approximate surface area is 199 Å². The molecule has 1 atom stereocenters. The molecule has 1 aromatic carbocycles. The highest BCUT2D eigenvalue weighted by atomic mass is 127. The smallest absolute Gasteiger partial charge is 0.239 e. The Hall–Kier alpha value is -1.35. The third-order valence-electron chi connectivity index (χ3n) is 4.87. The Balaban J connectivity index is 0.00000450. The third kappa shape index (κ3) is 10.6. The number of hydrogen-bond donors (Lipinski definition) is 3. The number of piperidine rings is 1. The van der Waals surface area contributed by atoms with Gasteiger partial charge in [0.1, 0.15) is 0 Å². The van der Waals surface area contributed by atoms with Gasteiger partial charge in [-0.15, -0.1) is 24.0 Å². The van der Waals surface area contributed by atoms with Gasteiger partial charge in [0.2, 0.25) is 5.91 Å². The summed E-state index contributed by atoms with van der Waals surface area (Å²) in [6.07, 6.45) is 2.66. The number of halogens is 1. The molecular weight excluding hydrogens is 489 g/mol. The van der Waals surface area contributed by atoms with E-state index in [0.29, 0.717) is 12.5 Å². The minimum atomic E-state index is -0.234. The minimum absolute atomic E-state index is 0. The average Bonchev–Trinajstić information content (AvgIpc) is 2.64. The quantitative estimate of drug-likeness (QED) is 0.288. The number of nitrogens with zero attached hydrogens (tertiary/aromatic N) is 2. The number of carbonyl (C=O) groups is 1. The van der Waals surface area contributed by atoms with Gasteiger partial charge in [-0.25, -0.2) is 4.99 Å². The zero-order chi connectivity index (χ0) is 21.3. The topological polar surface area (TPSA) is 68.8 Å². The van der Waals surface area contributed by atoms with E-state index in [1.807, 2.05) is 27.7 Å². The van der Waals surface area contributed by atoms with Gasteiger partial charge < -0.3 is 16.0 Å². The van der Waals surface area contributed by atoms with E-state index in [-0.39, 0.29) is 42.0 Å². The zero-order valence-corrected chi connectivity index (χ0v) is 21.6. The van der Waals surface area contributed by atoms with Crippen LogP contribution in [-0.2, 0) is 17.9 Å². The fourth-order valence-electron chi connectivity index (χ4n) is 3.58. The Morgan fingerprint density at radius 2 is 1.83 bits per heavy atom. The van der Waals surface area contributed by atoms with Crippen molar-refractivity contribution < 1.29 is 4.79 Å². The SMILES string of the molecule is CCNC(=NCc1ccc(CN2CCCC(C)C2)cc1)NCC(=O)NC(C)(C)C.I. The van der Waals surface area contributed by atoms with Crippen LogP contribution in [0.1, 0.15) is 58.6 Å². The van der Waals surface area contributed by atoms with Crippen LogP contribution >= 0.6 is 24.0 Å². The van der Waals surface area contributed by atoms with Crippen molar-refractivity contribution in [3.63, 3.8) is 0 Å². The first kappa shape index (κ1) is 26.7. The first-order valence-corrected chi connectivity index (χ1v) is 10.9. The van der Waals surface area contributed by atoms with Gasteiger partial charge in [-0.3, -0.25) is 9.69 Å². The van der Waals surface area contributed by atoms with Gasteiger partial charge in [-0.2, -0.15) is 0 Å². The Kier molecular flexibility index (Phi) is 11.7. The molecule has 170 valence electrons. The van der Waals surface area contributed by atoms with Crippen molar-refractivity contribution in [2.75, 3.05) is 26.2 Å². The minimum Gasteiger partial charge on any atom is -0.357 e. The molecule has 6 nitrogen and oxygen atoms in total. The molecule has 1 aliphatic rings. The van der Waals surface area contributed by atoms with Gasteiger partial charge in [-0.05, 0) is 64.1 Å². The summed E-state index contributed by atoms with van der Waals surface area (Å²) in [4.78, 5) is 19.2. The summed E-state index contributed by atoms with van der Waals surface area (Å²) in [6.45, 7) is 15.2. The normalized spacial score (nSPS) is 17.8. The first-order chi connectivity index (χ1) is 13.7. The molecule has 1 fully saturated rings. The van der Waals surface area contributed by atoms with Crippen molar-refractivity contribution in [2.24, 2.45) is 10.9 Å². The second-order valence-corrected chi connectivity index (χ2v) is 9.15. The van der Waals surface area contributed by atoms with E-state index in [2.05, 4.69) is 57.0 Å². The van der Waals surface area contributed by atoms with Crippen molar-refractivity contribution in [1.29, 1.82) is 0 Å². The van der Waals surface area contributed by atoms with Crippen molar-refractivity contribution in [2.45, 2.75) is 66.1 Å². The van der Waals surface area contributed by atoms with Crippen LogP contribution in [-0.4, -0.2) is 48.5 Å². The second-order valence-electron chi connectivity index (χ2n) is 9.15. The highest BCUT2D eigenvalue weighted by molar-refractivity contribution is 14.0. The lowest BCUT2D eigenvalue weighted by Gasteiger charge is -2.30. The largest absolute Gasteiger partial charge is 0.357 e. The molecule has 7 heteroatoms. The Morgan fingerprint density at radius 3 is 2.43 bits per heavy atom. The van der Waals surface area contributed by atoms with Gasteiger partial charge in [0, 0.05) is 25.2 Å². The number of carbonyl (C=O) groups excluding carboxylic acids is 1. The van der Waals surface area contributed by atoms with Crippen molar-refractivity contribution in [1.82, 2.24) is 20.9 Å². The summed E-state index contributed by atoms with van der Waals surface area (Å²) in [5, 5.41) is 9.24. The monoisotopic (exact) mass is 529 g/mol. The van der Waals surface area contributed by atoms with E-state index in [4.69, 9.17) is 0 Å². The fourth-order valence-corrected chi connectivity index (χ4v) is 3.58. The Morgan fingerprint density at radius 1 is 1.17 bits per heavy atom. The highest BCUT2D eigenvalue weighted by Crippen LogP contribution is 2.18. The predicted molar refractivity (Wildman–Crippen MR) is 136 cm³/mol. The maximum absolute atomic E-state index is 12.0. The van der Waals surface area contributed by atoms with Crippen molar-refractivity contribution in [3.05, 3.63) is 35.4 Å². The molecule has 1 aliphatic heterocycles. The van der Waals surface area contributed by atoms with Crippen LogP contribution in [0.4, 0.5) is 0 Å². The van der Waals surface area contributed by atoms with Crippen molar-refractivity contribution >= 4 is 35.8 Å². The summed E-state index contributed by atoms with van der Waals surface area (Å²) >= 11 is 0. The van der Waals surface area contributed by atoms with E-state index < -0.39 is 0 Å². The zero-order valence-electron chi connectivity index (χ0n) is 19.3. The molecule has 0 spiro atoms. The molecule has 2 rings (SSSR count). The summed E-state index contributed by atoms with van der Waals surface area (Å²) in [7, 11) is 0. The van der Waals surface area contributed by atoms with Crippen LogP contribution in [0.3, 0.4) is 0 Å². The maximum Gasteiger partial charge on any atom is 0.239 e. The van der Waals surface area contributed by atoms with Crippen molar-refractivity contribution in [3.8, 4) is 0 Å². The van der Waals surface area contributed by atoms with Crippen LogP contribution in [0.5, 0.6) is 0 Å². The van der Waals surface area contributed by atoms with Crippen LogP contribution in [0.15, 0.2) is 29.3 Å². The number of benzene rings is 1. The average molecular weight is 530 g/mol. The standard InChI is InChI=1S/C23H39N5O.HI/c1-6-24-22(26-15-21(29)27-23(3,4)5)25-14-19-9-11-20(12-10-19)17-28-13-7-8-18(2)16-28;/h9-12,18H,6-8,13-17H2,1-5H3,(H,27,29)(H2,24,25,26);1H. The van der Waals surface area contributed by atoms with Gasteiger partial charge >= 0.3 is 0 Å². The van der Waals surface area contributed by atoms with Crippen LogP contribution in [0.2, 0.25) is 0 Å². The number of nitrogens with one attached hydrogen (secondary N) is 3. The first-order valence-electron chi connectivity index (χ1n) is 10.9. The molecule has 3 N–H and O–H groups in total. The molecule has 30 heavy (non-hydrogen) atoms.